The summed E-state index contributed by atoms with van der Waals surface area (Å²) in [4.78, 5) is 15.7. The highest BCUT2D eigenvalue weighted by Crippen LogP contribution is 2.38. The lowest BCUT2D eigenvalue weighted by Gasteiger charge is -2.40. The van der Waals surface area contributed by atoms with E-state index >= 15 is 0 Å². The topological polar surface area (TPSA) is 38.8 Å². The zero-order valence-electron chi connectivity index (χ0n) is 13.3. The fraction of sp³-hybridized carbons (Fsp3) is 0.706. The van der Waals surface area contributed by atoms with Gasteiger partial charge in [-0.15, -0.1) is 11.3 Å². The Hall–Kier alpha value is -0.910. The molecule has 2 aliphatic heterocycles. The van der Waals surface area contributed by atoms with E-state index in [0.717, 1.165) is 56.9 Å². The number of hydrogen-bond acceptors (Lipinski definition) is 4. The molecule has 0 bridgehead atoms. The maximum Gasteiger partial charge on any atom is 0.227 e. The second kappa shape index (κ2) is 7.11. The molecule has 0 aromatic carbocycles. The van der Waals surface area contributed by atoms with Crippen LogP contribution in [0.5, 0.6) is 0 Å². The van der Waals surface area contributed by atoms with Crippen molar-refractivity contribution >= 4 is 17.2 Å². The molecule has 1 amide bonds. The van der Waals surface area contributed by atoms with Gasteiger partial charge in [-0.1, -0.05) is 6.07 Å². The SMILES string of the molecule is COCCC1COC2(CCCN(C(=O)Cc3cccs3)C2)C1. The number of nitrogens with zero attached hydrogens (tertiary/aromatic N) is 1. The Balaban J connectivity index is 1.56. The van der Waals surface area contributed by atoms with Gasteiger partial charge in [0.15, 0.2) is 0 Å². The number of amides is 1. The predicted octanol–water partition coefficient (Wildman–Crippen LogP) is 2.72. The quantitative estimate of drug-likeness (QED) is 0.836. The Morgan fingerprint density at radius 1 is 1.59 bits per heavy atom. The van der Waals surface area contributed by atoms with Crippen molar-refractivity contribution in [3.8, 4) is 0 Å². The Morgan fingerprint density at radius 3 is 3.27 bits per heavy atom. The first kappa shape index (κ1) is 16.0. The molecule has 122 valence electrons. The van der Waals surface area contributed by atoms with Gasteiger partial charge in [-0.05, 0) is 43.0 Å². The largest absolute Gasteiger partial charge is 0.385 e. The van der Waals surface area contributed by atoms with Gasteiger partial charge in [-0.3, -0.25) is 4.79 Å². The molecule has 0 radical (unpaired) electrons. The molecule has 0 N–H and O–H groups in total. The third-order valence-corrected chi connectivity index (χ3v) is 5.69. The molecule has 1 aromatic rings. The first-order chi connectivity index (χ1) is 10.7. The van der Waals surface area contributed by atoms with Gasteiger partial charge >= 0.3 is 0 Å². The van der Waals surface area contributed by atoms with Gasteiger partial charge in [0.1, 0.15) is 0 Å². The number of carbonyl (C=O) groups excluding carboxylic acids is 1. The Bertz CT molecular complexity index is 490. The number of ether oxygens (including phenoxy) is 2. The second-order valence-electron chi connectivity index (χ2n) is 6.52. The molecule has 5 heteroatoms. The third-order valence-electron chi connectivity index (χ3n) is 4.81. The first-order valence-electron chi connectivity index (χ1n) is 8.14. The van der Waals surface area contributed by atoms with Crippen molar-refractivity contribution in [2.45, 2.75) is 37.7 Å². The molecule has 2 fully saturated rings. The summed E-state index contributed by atoms with van der Waals surface area (Å²) < 4.78 is 11.3. The van der Waals surface area contributed by atoms with Crippen LogP contribution < -0.4 is 0 Å². The van der Waals surface area contributed by atoms with Gasteiger partial charge in [0.2, 0.25) is 5.91 Å². The van der Waals surface area contributed by atoms with Crippen LogP contribution in [-0.2, 0) is 20.7 Å². The molecule has 3 heterocycles. The minimum absolute atomic E-state index is 0.0955. The van der Waals surface area contributed by atoms with Crippen LogP contribution in [0, 0.1) is 5.92 Å². The maximum atomic E-state index is 12.5. The van der Waals surface area contributed by atoms with Crippen LogP contribution >= 0.6 is 11.3 Å². The van der Waals surface area contributed by atoms with Gasteiger partial charge in [-0.25, -0.2) is 0 Å². The van der Waals surface area contributed by atoms with Crippen molar-refractivity contribution in [3.63, 3.8) is 0 Å². The lowest BCUT2D eigenvalue weighted by Crippen LogP contribution is -2.50. The van der Waals surface area contributed by atoms with E-state index < -0.39 is 0 Å². The number of piperidine rings is 1. The lowest BCUT2D eigenvalue weighted by molar-refractivity contribution is -0.138. The summed E-state index contributed by atoms with van der Waals surface area (Å²) in [6, 6.07) is 4.04. The molecule has 3 rings (SSSR count). The maximum absolute atomic E-state index is 12.5. The van der Waals surface area contributed by atoms with E-state index in [9.17, 15) is 4.79 Å². The molecule has 1 spiro atoms. The highest BCUT2D eigenvalue weighted by molar-refractivity contribution is 7.10. The van der Waals surface area contributed by atoms with E-state index in [1.54, 1.807) is 18.4 Å². The van der Waals surface area contributed by atoms with Crippen LogP contribution in [0.15, 0.2) is 17.5 Å². The van der Waals surface area contributed by atoms with Crippen molar-refractivity contribution in [1.29, 1.82) is 0 Å². The van der Waals surface area contributed by atoms with Crippen LogP contribution in [0.4, 0.5) is 0 Å². The van der Waals surface area contributed by atoms with E-state index in [1.165, 1.54) is 0 Å². The van der Waals surface area contributed by atoms with Gasteiger partial charge in [-0.2, -0.15) is 0 Å². The van der Waals surface area contributed by atoms with Crippen LogP contribution in [-0.4, -0.2) is 49.8 Å². The number of methoxy groups -OCH3 is 1. The summed E-state index contributed by atoms with van der Waals surface area (Å²) in [6.45, 7) is 3.25. The monoisotopic (exact) mass is 323 g/mol. The predicted molar refractivity (Wildman–Crippen MR) is 87.1 cm³/mol. The van der Waals surface area contributed by atoms with E-state index in [2.05, 4.69) is 0 Å². The number of thiophene rings is 1. The van der Waals surface area contributed by atoms with Crippen molar-refractivity contribution in [2.24, 2.45) is 5.92 Å². The van der Waals surface area contributed by atoms with E-state index in [0.29, 0.717) is 12.3 Å². The molecular weight excluding hydrogens is 298 g/mol. The van der Waals surface area contributed by atoms with E-state index in [1.807, 2.05) is 22.4 Å². The zero-order valence-corrected chi connectivity index (χ0v) is 14.1. The smallest absolute Gasteiger partial charge is 0.227 e. The minimum Gasteiger partial charge on any atom is -0.385 e. The van der Waals surface area contributed by atoms with Gasteiger partial charge < -0.3 is 14.4 Å². The Labute approximate surface area is 136 Å². The third kappa shape index (κ3) is 3.70. The highest BCUT2D eigenvalue weighted by Gasteiger charge is 2.44. The van der Waals surface area contributed by atoms with Crippen LogP contribution in [0.3, 0.4) is 0 Å². The Morgan fingerprint density at radius 2 is 2.50 bits per heavy atom. The average Bonchev–Trinajstić information content (AvgIpc) is 3.16. The lowest BCUT2D eigenvalue weighted by atomic mass is 9.85. The fourth-order valence-corrected chi connectivity index (χ4v) is 4.37. The van der Waals surface area contributed by atoms with Crippen LogP contribution in [0.2, 0.25) is 0 Å². The molecule has 0 aliphatic carbocycles. The summed E-state index contributed by atoms with van der Waals surface area (Å²) in [7, 11) is 1.75. The molecule has 2 aliphatic rings. The molecule has 22 heavy (non-hydrogen) atoms. The van der Waals surface area contributed by atoms with Crippen molar-refractivity contribution < 1.29 is 14.3 Å². The summed E-state index contributed by atoms with van der Waals surface area (Å²) in [5, 5.41) is 2.03. The fourth-order valence-electron chi connectivity index (χ4n) is 3.68. The summed E-state index contributed by atoms with van der Waals surface area (Å²) in [5.41, 5.74) is -0.0955. The summed E-state index contributed by atoms with van der Waals surface area (Å²) >= 11 is 1.66. The Kier molecular flexibility index (Phi) is 5.16. The second-order valence-corrected chi connectivity index (χ2v) is 7.55. The van der Waals surface area contributed by atoms with Crippen molar-refractivity contribution in [3.05, 3.63) is 22.4 Å². The normalized spacial score (nSPS) is 28.4. The van der Waals surface area contributed by atoms with Crippen molar-refractivity contribution in [1.82, 2.24) is 4.90 Å². The van der Waals surface area contributed by atoms with Gasteiger partial charge in [0, 0.05) is 31.7 Å². The standard InChI is InChI=1S/C17H25NO3S/c1-20-8-5-14-11-17(21-12-14)6-3-7-18(13-17)16(19)10-15-4-2-9-22-15/h2,4,9,14H,3,5-8,10-13H2,1H3. The first-order valence-corrected chi connectivity index (χ1v) is 9.02. The molecule has 2 atom stereocenters. The van der Waals surface area contributed by atoms with Crippen LogP contribution in [0.1, 0.15) is 30.6 Å². The molecule has 2 saturated heterocycles. The summed E-state index contributed by atoms with van der Waals surface area (Å²) in [5.74, 6) is 0.817. The number of likely N-dealkylation sites (tertiary alicyclic amines) is 1. The number of hydrogen-bond donors (Lipinski definition) is 0. The molecule has 1 aromatic heterocycles. The molecular formula is C17H25NO3S. The number of rotatable bonds is 5. The molecule has 0 saturated carbocycles. The van der Waals surface area contributed by atoms with Gasteiger partial charge in [0.05, 0.1) is 18.6 Å². The number of carbonyl (C=O) groups is 1. The minimum atomic E-state index is -0.0955. The zero-order chi connectivity index (χ0) is 15.4. The molecule has 4 nitrogen and oxygen atoms in total. The average molecular weight is 323 g/mol. The molecule has 2 unspecified atom stereocenters. The van der Waals surface area contributed by atoms with E-state index in [4.69, 9.17) is 9.47 Å². The van der Waals surface area contributed by atoms with Gasteiger partial charge in [0.25, 0.3) is 0 Å². The van der Waals surface area contributed by atoms with Crippen LogP contribution in [0.25, 0.3) is 0 Å². The highest BCUT2D eigenvalue weighted by atomic mass is 32.1. The van der Waals surface area contributed by atoms with E-state index in [-0.39, 0.29) is 11.5 Å². The summed E-state index contributed by atoms with van der Waals surface area (Å²) in [6.07, 6.45) is 4.79. The van der Waals surface area contributed by atoms with Crippen molar-refractivity contribution in [2.75, 3.05) is 33.4 Å².